The first-order valence-corrected chi connectivity index (χ1v) is 18.9. The quantitative estimate of drug-likeness (QED) is 0.0685. The standard InChI is InChI=1S/C34H48N6O8S2/c1-7-21-18-24(29(43)38-31(26(41)28(35)42)49-17-11-12-22-15-16-22)40(19-21)32(45)27(34(4,5)6)37-33(46)36-25(20(2)3)30(44)39-50(47,48)23-13-9-8-10-14-23/h7-10,13-14,21-22,24-25,27,31H,1-2,11-12,15-19H2,3-6H3,(H2,35,42)(H,38,43)(H,39,44)(H2,36,37,46)/t21-,24+,25+,27-,31?/m1/s1. The van der Waals surface area contributed by atoms with Crippen LogP contribution in [0.15, 0.2) is 60.0 Å². The van der Waals surface area contributed by atoms with Gasteiger partial charge in [0.15, 0.2) is 0 Å². The highest BCUT2D eigenvalue weighted by atomic mass is 32.2. The van der Waals surface area contributed by atoms with Gasteiger partial charge in [0.2, 0.25) is 11.8 Å². The minimum Gasteiger partial charge on any atom is -0.363 e. The topological polar surface area (TPSA) is 214 Å². The number of amides is 6. The zero-order valence-electron chi connectivity index (χ0n) is 28.9. The largest absolute Gasteiger partial charge is 0.363 e. The van der Waals surface area contributed by atoms with Crippen molar-refractivity contribution in [3.63, 3.8) is 0 Å². The van der Waals surface area contributed by atoms with Gasteiger partial charge in [-0.3, -0.25) is 24.0 Å². The van der Waals surface area contributed by atoms with Crippen LogP contribution in [0, 0.1) is 17.3 Å². The third kappa shape index (κ3) is 11.2. The predicted molar refractivity (Wildman–Crippen MR) is 190 cm³/mol. The number of nitrogens with one attached hydrogen (secondary N) is 4. The number of carbonyl (C=O) groups excluding carboxylic acids is 6. The van der Waals surface area contributed by atoms with Gasteiger partial charge in [0, 0.05) is 6.54 Å². The van der Waals surface area contributed by atoms with E-state index in [0.29, 0.717) is 11.7 Å². The van der Waals surface area contributed by atoms with Gasteiger partial charge in [0.05, 0.1) is 4.90 Å². The third-order valence-electron chi connectivity index (χ3n) is 8.45. The van der Waals surface area contributed by atoms with Crippen molar-refractivity contribution >= 4 is 57.2 Å². The van der Waals surface area contributed by atoms with Crippen molar-refractivity contribution in [1.82, 2.24) is 25.6 Å². The van der Waals surface area contributed by atoms with Crippen LogP contribution in [0.5, 0.6) is 0 Å². The van der Waals surface area contributed by atoms with Crippen LogP contribution in [0.3, 0.4) is 0 Å². The van der Waals surface area contributed by atoms with Gasteiger partial charge >= 0.3 is 6.03 Å². The molecule has 50 heavy (non-hydrogen) atoms. The predicted octanol–water partition coefficient (Wildman–Crippen LogP) is 1.97. The number of urea groups is 1. The van der Waals surface area contributed by atoms with E-state index in [2.05, 4.69) is 29.1 Å². The molecular formula is C34H48N6O8S2. The molecule has 14 nitrogen and oxygen atoms in total. The Morgan fingerprint density at radius 3 is 2.24 bits per heavy atom. The average Bonchev–Trinajstić information content (AvgIpc) is 3.77. The molecule has 2 fully saturated rings. The number of Topliss-reactive ketones (excluding diaryl/α,β-unsaturated/α-hetero) is 1. The summed E-state index contributed by atoms with van der Waals surface area (Å²) in [4.78, 5) is 79.7. The summed E-state index contributed by atoms with van der Waals surface area (Å²) in [5.41, 5.74) is 4.48. The molecule has 16 heteroatoms. The maximum absolute atomic E-state index is 14.2. The summed E-state index contributed by atoms with van der Waals surface area (Å²) in [7, 11) is -4.26. The summed E-state index contributed by atoms with van der Waals surface area (Å²) in [6, 6.07) is 2.46. The van der Waals surface area contributed by atoms with Crippen molar-refractivity contribution < 1.29 is 37.2 Å². The molecule has 0 aromatic heterocycles. The molecule has 274 valence electrons. The highest BCUT2D eigenvalue weighted by molar-refractivity contribution is 8.00. The SMILES string of the molecule is C=C[C@@H]1C[C@@H](C(=O)NC(SCCCC2CC2)C(=O)C(N)=O)N(C(=O)[C@@H](NC(=O)N[C@@H](C(=C)C)C(=O)NS(=O)(=O)c2ccccc2)C(C)(C)C)C1. The Labute approximate surface area is 297 Å². The van der Waals surface area contributed by atoms with E-state index >= 15 is 0 Å². The number of likely N-dealkylation sites (tertiary alicyclic amines) is 1. The normalized spacial score (nSPS) is 19.3. The lowest BCUT2D eigenvalue weighted by molar-refractivity contribution is -0.142. The summed E-state index contributed by atoms with van der Waals surface area (Å²) in [6.07, 6.45) is 5.94. The number of hydrogen-bond acceptors (Lipinski definition) is 9. The van der Waals surface area contributed by atoms with Crippen LogP contribution in [-0.4, -0.2) is 84.6 Å². The van der Waals surface area contributed by atoms with Gasteiger partial charge in [-0.2, -0.15) is 0 Å². The fraction of sp³-hybridized carbons (Fsp3) is 0.529. The molecule has 5 atom stereocenters. The molecule has 0 spiro atoms. The monoisotopic (exact) mass is 732 g/mol. The van der Waals surface area contributed by atoms with E-state index in [0.717, 1.165) is 24.6 Å². The minimum atomic E-state index is -4.26. The number of ketones is 1. The smallest absolute Gasteiger partial charge is 0.316 e. The Morgan fingerprint density at radius 2 is 1.70 bits per heavy atom. The molecule has 1 aliphatic carbocycles. The van der Waals surface area contributed by atoms with Crippen molar-refractivity contribution in [2.75, 3.05) is 12.3 Å². The second-order valence-electron chi connectivity index (χ2n) is 13.8. The maximum Gasteiger partial charge on any atom is 0.316 e. The zero-order chi connectivity index (χ0) is 37.4. The van der Waals surface area contributed by atoms with Crippen LogP contribution in [0.4, 0.5) is 4.79 Å². The Balaban J connectivity index is 1.76. The lowest BCUT2D eigenvalue weighted by Crippen LogP contribution is -2.61. The lowest BCUT2D eigenvalue weighted by Gasteiger charge is -2.36. The van der Waals surface area contributed by atoms with Gasteiger partial charge in [-0.15, -0.1) is 18.3 Å². The van der Waals surface area contributed by atoms with Crippen LogP contribution in [0.1, 0.15) is 59.8 Å². The molecule has 1 aliphatic heterocycles. The van der Waals surface area contributed by atoms with Gasteiger partial charge in [0.1, 0.15) is 23.5 Å². The number of hydrogen-bond donors (Lipinski definition) is 5. The molecule has 1 unspecified atom stereocenters. The van der Waals surface area contributed by atoms with Gasteiger partial charge in [-0.05, 0) is 66.9 Å². The first-order valence-electron chi connectivity index (χ1n) is 16.4. The molecule has 0 radical (unpaired) electrons. The molecule has 1 aromatic rings. The highest BCUT2D eigenvalue weighted by Gasteiger charge is 2.45. The van der Waals surface area contributed by atoms with E-state index in [1.54, 1.807) is 32.9 Å². The van der Waals surface area contributed by atoms with Crippen LogP contribution in [0.2, 0.25) is 0 Å². The Bertz CT molecular complexity index is 1590. The number of carbonyl (C=O) groups is 6. The molecular weight excluding hydrogens is 685 g/mol. The number of nitrogens with two attached hydrogens (primary N) is 1. The fourth-order valence-electron chi connectivity index (χ4n) is 5.43. The van der Waals surface area contributed by atoms with E-state index in [-0.39, 0.29) is 29.4 Å². The highest BCUT2D eigenvalue weighted by Crippen LogP contribution is 2.34. The number of primary amides is 1. The number of benzene rings is 1. The van der Waals surface area contributed by atoms with Gasteiger partial charge in [0.25, 0.3) is 27.6 Å². The van der Waals surface area contributed by atoms with Crippen LogP contribution in [-0.2, 0) is 34.0 Å². The minimum absolute atomic E-state index is 0.0907. The summed E-state index contributed by atoms with van der Waals surface area (Å²) in [5, 5.41) is 6.39. The number of nitrogens with zero attached hydrogens (tertiary/aromatic N) is 1. The summed E-state index contributed by atoms with van der Waals surface area (Å²) < 4.78 is 27.4. The Hall–Kier alpha value is -4.18. The molecule has 1 aromatic carbocycles. The Morgan fingerprint density at radius 1 is 1.06 bits per heavy atom. The molecule has 1 saturated heterocycles. The second kappa shape index (κ2) is 17.2. The molecule has 1 saturated carbocycles. The molecule has 2 aliphatic rings. The summed E-state index contributed by atoms with van der Waals surface area (Å²) >= 11 is 1.11. The fourth-order valence-corrected chi connectivity index (χ4v) is 7.48. The van der Waals surface area contributed by atoms with Crippen molar-refractivity contribution in [3.05, 3.63) is 55.1 Å². The number of sulfonamides is 1. The van der Waals surface area contributed by atoms with Crippen molar-refractivity contribution in [3.8, 4) is 0 Å². The van der Waals surface area contributed by atoms with Gasteiger partial charge in [-0.1, -0.05) is 64.5 Å². The van der Waals surface area contributed by atoms with E-state index in [9.17, 15) is 37.2 Å². The van der Waals surface area contributed by atoms with Crippen LogP contribution < -0.4 is 26.4 Å². The average molecular weight is 733 g/mol. The number of rotatable bonds is 17. The first-order chi connectivity index (χ1) is 23.3. The van der Waals surface area contributed by atoms with Crippen LogP contribution >= 0.6 is 11.8 Å². The van der Waals surface area contributed by atoms with Gasteiger partial charge < -0.3 is 26.6 Å². The van der Waals surface area contributed by atoms with Crippen molar-refractivity contribution in [1.29, 1.82) is 0 Å². The van der Waals surface area contributed by atoms with Crippen molar-refractivity contribution in [2.24, 2.45) is 23.0 Å². The van der Waals surface area contributed by atoms with E-state index in [4.69, 9.17) is 5.73 Å². The Kier molecular flexibility index (Phi) is 13.8. The second-order valence-corrected chi connectivity index (χ2v) is 16.7. The van der Waals surface area contributed by atoms with Crippen LogP contribution in [0.25, 0.3) is 0 Å². The molecule has 3 rings (SSSR count). The van der Waals surface area contributed by atoms with Gasteiger partial charge in [-0.25, -0.2) is 17.9 Å². The van der Waals surface area contributed by atoms with E-state index in [1.165, 1.54) is 48.9 Å². The molecule has 1 heterocycles. The first kappa shape index (κ1) is 40.3. The third-order valence-corrected chi connectivity index (χ3v) is 11.0. The van der Waals surface area contributed by atoms with E-state index in [1.807, 2.05) is 4.72 Å². The summed E-state index contributed by atoms with van der Waals surface area (Å²) in [6.45, 7) is 14.1. The maximum atomic E-state index is 14.2. The van der Waals surface area contributed by atoms with E-state index < -0.39 is 74.4 Å². The lowest BCUT2D eigenvalue weighted by atomic mass is 9.85. The molecule has 0 bridgehead atoms. The summed E-state index contributed by atoms with van der Waals surface area (Å²) in [5.74, 6) is -3.57. The van der Waals surface area contributed by atoms with Crippen molar-refractivity contribution in [2.45, 2.75) is 88.2 Å². The number of thioether (sulfide) groups is 1. The molecule has 6 N–H and O–H groups in total. The molecule has 6 amide bonds. The zero-order valence-corrected chi connectivity index (χ0v) is 30.5.